The van der Waals surface area contributed by atoms with E-state index in [2.05, 4.69) is 0 Å². The van der Waals surface area contributed by atoms with Crippen molar-refractivity contribution in [3.63, 3.8) is 0 Å². The largest absolute Gasteiger partial charge is 0.471 e. The van der Waals surface area contributed by atoms with Crippen molar-refractivity contribution in [2.45, 2.75) is 31.5 Å². The van der Waals surface area contributed by atoms with Crippen molar-refractivity contribution < 1.29 is 23.1 Å². The normalized spacial score (nSPS) is 35.0. The lowest BCUT2D eigenvalue weighted by atomic mass is 9.80. The van der Waals surface area contributed by atoms with Crippen LogP contribution in [0.25, 0.3) is 0 Å². The molecule has 0 bridgehead atoms. The van der Waals surface area contributed by atoms with Crippen LogP contribution in [0.3, 0.4) is 0 Å². The number of hydrogen-bond acceptors (Lipinski definition) is 2. The van der Waals surface area contributed by atoms with Crippen molar-refractivity contribution in [1.29, 1.82) is 0 Å². The summed E-state index contributed by atoms with van der Waals surface area (Å²) in [6, 6.07) is 0. The number of alkyl halides is 3. The molecule has 1 aliphatic heterocycles. The third kappa shape index (κ3) is 2.16. The highest BCUT2D eigenvalue weighted by Crippen LogP contribution is 2.37. The van der Waals surface area contributed by atoms with Gasteiger partial charge in [0, 0.05) is 13.1 Å². The Labute approximate surface area is 91.2 Å². The number of halogens is 3. The van der Waals surface area contributed by atoms with Gasteiger partial charge in [-0.2, -0.15) is 13.2 Å². The highest BCUT2D eigenvalue weighted by molar-refractivity contribution is 5.82. The molecule has 3 atom stereocenters. The number of fused-ring (bicyclic) bond motifs is 1. The number of aliphatic hydroxyl groups excluding tert-OH is 1. The Morgan fingerprint density at radius 2 is 1.81 bits per heavy atom. The monoisotopic (exact) mass is 237 g/mol. The van der Waals surface area contributed by atoms with Gasteiger partial charge in [-0.15, -0.1) is 0 Å². The predicted molar refractivity (Wildman–Crippen MR) is 49.5 cm³/mol. The van der Waals surface area contributed by atoms with Crippen LogP contribution >= 0.6 is 0 Å². The van der Waals surface area contributed by atoms with Gasteiger partial charge in [0.15, 0.2) is 0 Å². The molecule has 6 heteroatoms. The number of carbonyl (C=O) groups excluding carboxylic acids is 1. The molecule has 3 unspecified atom stereocenters. The first-order valence-electron chi connectivity index (χ1n) is 5.42. The molecule has 1 saturated carbocycles. The van der Waals surface area contributed by atoms with Crippen molar-refractivity contribution >= 4 is 5.91 Å². The Balaban J connectivity index is 2.00. The van der Waals surface area contributed by atoms with Crippen molar-refractivity contribution in [1.82, 2.24) is 4.90 Å². The van der Waals surface area contributed by atoms with Crippen LogP contribution in [0.2, 0.25) is 0 Å². The van der Waals surface area contributed by atoms with Crippen LogP contribution in [-0.4, -0.2) is 41.3 Å². The lowest BCUT2D eigenvalue weighted by Gasteiger charge is -2.27. The predicted octanol–water partition coefficient (Wildman–Crippen LogP) is 1.17. The van der Waals surface area contributed by atoms with Gasteiger partial charge in [0.05, 0.1) is 6.10 Å². The first kappa shape index (κ1) is 11.7. The molecule has 0 aromatic heterocycles. The maximum absolute atomic E-state index is 12.2. The van der Waals surface area contributed by atoms with Crippen LogP contribution in [0, 0.1) is 11.8 Å². The lowest BCUT2D eigenvalue weighted by Crippen LogP contribution is -2.39. The molecule has 1 amide bonds. The summed E-state index contributed by atoms with van der Waals surface area (Å²) in [5.74, 6) is -1.57. The molecule has 3 nitrogen and oxygen atoms in total. The molecule has 2 fully saturated rings. The zero-order valence-electron chi connectivity index (χ0n) is 8.70. The smallest absolute Gasteiger partial charge is 0.393 e. The van der Waals surface area contributed by atoms with Crippen LogP contribution in [-0.2, 0) is 4.79 Å². The molecule has 0 aromatic carbocycles. The summed E-state index contributed by atoms with van der Waals surface area (Å²) in [6.45, 7) is 0.329. The van der Waals surface area contributed by atoms with Crippen molar-refractivity contribution in [2.24, 2.45) is 11.8 Å². The Morgan fingerprint density at radius 1 is 1.19 bits per heavy atom. The third-order valence-corrected chi connectivity index (χ3v) is 3.55. The number of hydrogen-bond donors (Lipinski definition) is 1. The first-order valence-corrected chi connectivity index (χ1v) is 5.42. The van der Waals surface area contributed by atoms with Crippen LogP contribution in [0.4, 0.5) is 13.2 Å². The van der Waals surface area contributed by atoms with Gasteiger partial charge in [-0.3, -0.25) is 4.79 Å². The van der Waals surface area contributed by atoms with E-state index >= 15 is 0 Å². The van der Waals surface area contributed by atoms with E-state index in [0.717, 1.165) is 4.90 Å². The molecule has 16 heavy (non-hydrogen) atoms. The Bertz CT molecular complexity index is 292. The molecule has 1 N–H and O–H groups in total. The van der Waals surface area contributed by atoms with Gasteiger partial charge >= 0.3 is 12.1 Å². The summed E-state index contributed by atoms with van der Waals surface area (Å²) >= 11 is 0. The van der Waals surface area contributed by atoms with Crippen LogP contribution in [0.1, 0.15) is 19.3 Å². The average Bonchev–Trinajstić information content (AvgIpc) is 2.57. The molecule has 1 saturated heterocycles. The van der Waals surface area contributed by atoms with E-state index in [1.165, 1.54) is 0 Å². The maximum atomic E-state index is 12.2. The Morgan fingerprint density at radius 3 is 2.44 bits per heavy atom. The second-order valence-electron chi connectivity index (χ2n) is 4.69. The van der Waals surface area contributed by atoms with Crippen molar-refractivity contribution in [3.8, 4) is 0 Å². The molecule has 1 aliphatic carbocycles. The first-order chi connectivity index (χ1) is 7.38. The van der Waals surface area contributed by atoms with Gasteiger partial charge in [0.25, 0.3) is 0 Å². The zero-order valence-corrected chi connectivity index (χ0v) is 8.70. The average molecular weight is 237 g/mol. The molecular formula is C10H14F3NO2. The summed E-state index contributed by atoms with van der Waals surface area (Å²) in [4.78, 5) is 11.9. The van der Waals surface area contributed by atoms with Gasteiger partial charge in [0.1, 0.15) is 0 Å². The number of carbonyl (C=O) groups is 1. The molecule has 0 aromatic rings. The van der Waals surface area contributed by atoms with E-state index in [4.69, 9.17) is 0 Å². The topological polar surface area (TPSA) is 40.5 Å². The van der Waals surface area contributed by atoms with Crippen molar-refractivity contribution in [2.75, 3.05) is 13.1 Å². The summed E-state index contributed by atoms with van der Waals surface area (Å²) in [5.41, 5.74) is 0. The van der Waals surface area contributed by atoms with Gasteiger partial charge in [-0.25, -0.2) is 0 Å². The molecule has 0 spiro atoms. The lowest BCUT2D eigenvalue weighted by molar-refractivity contribution is -0.184. The SMILES string of the molecule is O=C(N1CC2CCC(O)CC2C1)C(F)(F)F. The number of nitrogens with zero attached hydrogens (tertiary/aromatic N) is 1. The van der Waals surface area contributed by atoms with E-state index in [-0.39, 0.29) is 24.9 Å². The van der Waals surface area contributed by atoms with E-state index in [9.17, 15) is 23.1 Å². The second-order valence-corrected chi connectivity index (χ2v) is 4.69. The van der Waals surface area contributed by atoms with E-state index < -0.39 is 18.2 Å². The van der Waals surface area contributed by atoms with Gasteiger partial charge in [-0.05, 0) is 31.1 Å². The fourth-order valence-corrected chi connectivity index (χ4v) is 2.75. The van der Waals surface area contributed by atoms with Gasteiger partial charge < -0.3 is 10.0 Å². The van der Waals surface area contributed by atoms with E-state index in [1.54, 1.807) is 0 Å². The molecule has 92 valence electrons. The molecule has 1 heterocycles. The molecular weight excluding hydrogens is 223 g/mol. The van der Waals surface area contributed by atoms with Crippen LogP contribution in [0.5, 0.6) is 0 Å². The summed E-state index contributed by atoms with van der Waals surface area (Å²) in [5, 5.41) is 9.42. The summed E-state index contributed by atoms with van der Waals surface area (Å²) in [6.07, 6.45) is -3.32. The highest BCUT2D eigenvalue weighted by Gasteiger charge is 2.47. The number of amides is 1. The minimum absolute atomic E-state index is 0.0371. The zero-order chi connectivity index (χ0) is 11.9. The maximum Gasteiger partial charge on any atom is 0.471 e. The minimum atomic E-state index is -4.77. The minimum Gasteiger partial charge on any atom is -0.393 e. The summed E-state index contributed by atoms with van der Waals surface area (Å²) in [7, 11) is 0. The second kappa shape index (κ2) is 3.91. The molecule has 2 rings (SSSR count). The molecule has 0 radical (unpaired) electrons. The fraction of sp³-hybridized carbons (Fsp3) is 0.900. The third-order valence-electron chi connectivity index (χ3n) is 3.55. The molecule has 2 aliphatic rings. The van der Waals surface area contributed by atoms with Crippen molar-refractivity contribution in [3.05, 3.63) is 0 Å². The van der Waals surface area contributed by atoms with Crippen LogP contribution in [0.15, 0.2) is 0 Å². The van der Waals surface area contributed by atoms with Crippen LogP contribution < -0.4 is 0 Å². The Hall–Kier alpha value is -0.780. The quantitative estimate of drug-likeness (QED) is 0.687. The fourth-order valence-electron chi connectivity index (χ4n) is 2.75. The van der Waals surface area contributed by atoms with E-state index in [1.807, 2.05) is 0 Å². The number of likely N-dealkylation sites (tertiary alicyclic amines) is 1. The van der Waals surface area contributed by atoms with E-state index in [0.29, 0.717) is 19.3 Å². The van der Waals surface area contributed by atoms with Gasteiger partial charge in [0.2, 0.25) is 0 Å². The number of rotatable bonds is 0. The standard InChI is InChI=1S/C10H14F3NO2/c11-10(12,13)9(16)14-4-6-1-2-8(15)3-7(6)5-14/h6-8,15H,1-5H2. The number of aliphatic hydroxyl groups is 1. The Kier molecular flexibility index (Phi) is 2.86. The van der Waals surface area contributed by atoms with Gasteiger partial charge in [-0.1, -0.05) is 0 Å². The summed E-state index contributed by atoms with van der Waals surface area (Å²) < 4.78 is 36.6. The highest BCUT2D eigenvalue weighted by atomic mass is 19.4.